The molecule has 0 aromatic heterocycles. The summed E-state index contributed by atoms with van der Waals surface area (Å²) in [7, 11) is -4.67. The molecule has 0 bridgehead atoms. The van der Waals surface area contributed by atoms with Crippen LogP contribution in [0, 0.1) is 10.1 Å². The maximum atomic E-state index is 11.1. The molecule has 0 fully saturated rings. The summed E-state index contributed by atoms with van der Waals surface area (Å²) in [5, 5.41) is 11.0. The first-order valence-electron chi connectivity index (χ1n) is 5.78. The minimum atomic E-state index is -4.67. The first kappa shape index (κ1) is 19.3. The average molecular weight is 310 g/mol. The van der Waals surface area contributed by atoms with Crippen LogP contribution in [0.3, 0.4) is 0 Å². The minimum Gasteiger partial charge on any atom is -0.698 e. The van der Waals surface area contributed by atoms with Crippen molar-refractivity contribution < 1.29 is 47.5 Å². The topological polar surface area (TPSA) is 121 Å². The van der Waals surface area contributed by atoms with E-state index in [1.54, 1.807) is 0 Å². The van der Waals surface area contributed by atoms with Gasteiger partial charge in [-0.15, -0.1) is 5.69 Å². The molecule has 0 aliphatic carbocycles. The van der Waals surface area contributed by atoms with Gasteiger partial charge in [-0.1, -0.05) is 25.8 Å². The van der Waals surface area contributed by atoms with Crippen molar-refractivity contribution in [3.05, 3.63) is 33.5 Å². The molecule has 106 valence electrons. The standard InChI is InChI=1S/C11H15N2O5S.Na/c1-2-3-4-5-8-9(12)6-7-10(19(16,17)18)11(8)13(14)15;/h6-7,12H,2-5H2,1H3,(H,16,17,18);/q-1;+1. The molecule has 0 unspecified atom stereocenters. The van der Waals surface area contributed by atoms with Gasteiger partial charge in [-0.05, 0) is 18.9 Å². The van der Waals surface area contributed by atoms with E-state index < -0.39 is 25.6 Å². The summed E-state index contributed by atoms with van der Waals surface area (Å²) in [6.07, 6.45) is 2.59. The second-order valence-electron chi connectivity index (χ2n) is 4.13. The van der Waals surface area contributed by atoms with E-state index in [1.165, 1.54) is 0 Å². The number of hydrogen-bond donors (Lipinski definition) is 1. The minimum absolute atomic E-state index is 0. The van der Waals surface area contributed by atoms with Gasteiger partial charge in [0.2, 0.25) is 0 Å². The van der Waals surface area contributed by atoms with Crippen LogP contribution in [0.2, 0.25) is 0 Å². The van der Waals surface area contributed by atoms with Crippen molar-refractivity contribution in [3.8, 4) is 0 Å². The Labute approximate surface area is 139 Å². The zero-order chi connectivity index (χ0) is 14.6. The number of nitro groups is 1. The smallest absolute Gasteiger partial charge is 0.698 e. The molecule has 0 saturated carbocycles. The summed E-state index contributed by atoms with van der Waals surface area (Å²) in [6.45, 7) is 1.96. The van der Waals surface area contributed by atoms with E-state index in [2.05, 4.69) is 0 Å². The number of hydrogen-bond acceptors (Lipinski definition) is 4. The van der Waals surface area contributed by atoms with Crippen molar-refractivity contribution >= 4 is 21.5 Å². The number of unbranched alkanes of at least 4 members (excludes halogenated alkanes) is 2. The second kappa shape index (κ2) is 7.94. The largest absolute Gasteiger partial charge is 1.00 e. The molecule has 1 aromatic carbocycles. The maximum Gasteiger partial charge on any atom is 1.00 e. The Bertz CT molecular complexity index is 589. The summed E-state index contributed by atoms with van der Waals surface area (Å²) < 4.78 is 31.3. The summed E-state index contributed by atoms with van der Waals surface area (Å²) in [6, 6.07) is 2.04. The van der Waals surface area contributed by atoms with Gasteiger partial charge in [0.25, 0.3) is 5.69 Å². The molecule has 0 aliphatic heterocycles. The second-order valence-corrected chi connectivity index (χ2v) is 5.52. The Kier molecular flexibility index (Phi) is 7.67. The normalized spacial score (nSPS) is 10.9. The third-order valence-electron chi connectivity index (χ3n) is 2.74. The number of benzene rings is 1. The SMILES string of the molecule is CCCCCc1c([NH-])ccc(S(=O)(=O)O)c1[N+](=O)[O-].[Na+]. The average Bonchev–Trinajstić information content (AvgIpc) is 2.29. The zero-order valence-corrected chi connectivity index (χ0v) is 14.2. The number of rotatable bonds is 6. The van der Waals surface area contributed by atoms with Gasteiger partial charge >= 0.3 is 39.7 Å². The van der Waals surface area contributed by atoms with Crippen LogP contribution in [-0.2, 0) is 16.5 Å². The summed E-state index contributed by atoms with van der Waals surface area (Å²) in [5.41, 5.74) is 6.93. The van der Waals surface area contributed by atoms with Gasteiger partial charge in [0, 0.05) is 5.56 Å². The van der Waals surface area contributed by atoms with Crippen LogP contribution in [0.5, 0.6) is 0 Å². The van der Waals surface area contributed by atoms with Gasteiger partial charge in [0.1, 0.15) is 0 Å². The fourth-order valence-corrected chi connectivity index (χ4v) is 2.51. The molecule has 0 radical (unpaired) electrons. The Morgan fingerprint density at radius 3 is 2.40 bits per heavy atom. The number of nitro benzene ring substituents is 1. The molecule has 0 aliphatic rings. The molecule has 0 atom stereocenters. The predicted octanol–water partition coefficient (Wildman–Crippen LogP) is 0.262. The van der Waals surface area contributed by atoms with Crippen LogP contribution in [0.4, 0.5) is 11.4 Å². The van der Waals surface area contributed by atoms with Crippen LogP contribution in [0.15, 0.2) is 17.0 Å². The molecule has 7 nitrogen and oxygen atoms in total. The quantitative estimate of drug-likeness (QED) is 0.265. The van der Waals surface area contributed by atoms with E-state index in [0.717, 1.165) is 25.0 Å². The van der Waals surface area contributed by atoms with Gasteiger partial charge in [0.05, 0.1) is 4.92 Å². The molecule has 0 heterocycles. The Morgan fingerprint density at radius 2 is 1.95 bits per heavy atom. The summed E-state index contributed by atoms with van der Waals surface area (Å²) >= 11 is 0. The van der Waals surface area contributed by atoms with Crippen molar-refractivity contribution in [2.45, 2.75) is 37.5 Å². The zero-order valence-electron chi connectivity index (χ0n) is 11.4. The van der Waals surface area contributed by atoms with Crippen molar-refractivity contribution in [1.29, 1.82) is 0 Å². The maximum absolute atomic E-state index is 11.1. The van der Waals surface area contributed by atoms with Crippen molar-refractivity contribution in [2.75, 3.05) is 0 Å². The molecule has 0 amide bonds. The Morgan fingerprint density at radius 1 is 1.35 bits per heavy atom. The third-order valence-corrected chi connectivity index (χ3v) is 3.62. The molecular formula is C11H15N2NaO5S. The molecule has 9 heteroatoms. The fraction of sp³-hybridized carbons (Fsp3) is 0.455. The van der Waals surface area contributed by atoms with E-state index in [4.69, 9.17) is 10.3 Å². The molecule has 0 spiro atoms. The molecule has 0 saturated heterocycles. The molecule has 1 rings (SSSR count). The van der Waals surface area contributed by atoms with Gasteiger partial charge in [-0.2, -0.15) is 8.42 Å². The van der Waals surface area contributed by atoms with Crippen LogP contribution < -0.4 is 29.6 Å². The Balaban J connectivity index is 0.00000361. The Hall–Kier alpha value is -0.670. The number of nitrogens with zero attached hydrogens (tertiary/aromatic N) is 1. The molecular weight excluding hydrogens is 295 g/mol. The van der Waals surface area contributed by atoms with E-state index in [0.29, 0.717) is 6.42 Å². The van der Waals surface area contributed by atoms with E-state index >= 15 is 0 Å². The monoisotopic (exact) mass is 310 g/mol. The van der Waals surface area contributed by atoms with Crippen LogP contribution in [0.1, 0.15) is 31.7 Å². The van der Waals surface area contributed by atoms with E-state index in [-0.39, 0.29) is 47.2 Å². The van der Waals surface area contributed by atoms with Gasteiger partial charge in [0.15, 0.2) is 4.90 Å². The van der Waals surface area contributed by atoms with Gasteiger partial charge < -0.3 is 5.73 Å². The molecule has 2 N–H and O–H groups in total. The third kappa shape index (κ3) is 4.71. The summed E-state index contributed by atoms with van der Waals surface area (Å²) in [4.78, 5) is 9.41. The molecule has 1 aromatic rings. The predicted molar refractivity (Wildman–Crippen MR) is 70.1 cm³/mol. The van der Waals surface area contributed by atoms with Crippen LogP contribution >= 0.6 is 0 Å². The first-order chi connectivity index (χ1) is 8.79. The van der Waals surface area contributed by atoms with E-state index in [1.807, 2.05) is 6.92 Å². The number of nitrogens with one attached hydrogen (secondary N) is 1. The summed E-state index contributed by atoms with van der Waals surface area (Å²) in [5.74, 6) is 0. The first-order valence-corrected chi connectivity index (χ1v) is 7.22. The van der Waals surface area contributed by atoms with E-state index in [9.17, 15) is 18.5 Å². The van der Waals surface area contributed by atoms with Crippen molar-refractivity contribution in [1.82, 2.24) is 0 Å². The van der Waals surface area contributed by atoms with Crippen LogP contribution in [-0.4, -0.2) is 17.9 Å². The molecule has 20 heavy (non-hydrogen) atoms. The van der Waals surface area contributed by atoms with Crippen LogP contribution in [0.25, 0.3) is 5.73 Å². The van der Waals surface area contributed by atoms with Gasteiger partial charge in [-0.25, -0.2) is 0 Å². The fourth-order valence-electron chi connectivity index (χ4n) is 1.83. The van der Waals surface area contributed by atoms with Crippen molar-refractivity contribution in [2.24, 2.45) is 0 Å². The van der Waals surface area contributed by atoms with Crippen molar-refractivity contribution in [3.63, 3.8) is 0 Å². The van der Waals surface area contributed by atoms with Gasteiger partial charge in [-0.3, -0.25) is 14.7 Å².